The van der Waals surface area contributed by atoms with Crippen molar-refractivity contribution < 1.29 is 5.11 Å². The zero-order chi connectivity index (χ0) is 18.1. The van der Waals surface area contributed by atoms with Crippen molar-refractivity contribution in [1.29, 1.82) is 0 Å². The van der Waals surface area contributed by atoms with Crippen LogP contribution in [-0.4, -0.2) is 24.9 Å². The minimum Gasteiger partial charge on any atom is -0.506 e. The van der Waals surface area contributed by atoms with E-state index < -0.39 is 0 Å². The van der Waals surface area contributed by atoms with Gasteiger partial charge in [-0.2, -0.15) is 4.52 Å². The van der Waals surface area contributed by atoms with Gasteiger partial charge in [0, 0.05) is 17.1 Å². The number of aromatic nitrogens is 4. The van der Waals surface area contributed by atoms with Crippen molar-refractivity contribution in [2.75, 3.05) is 5.32 Å². The molecular formula is C18H13Cl2N5O. The zero-order valence-electron chi connectivity index (χ0n) is 13.4. The summed E-state index contributed by atoms with van der Waals surface area (Å²) in [5.74, 6) is 1.36. The summed E-state index contributed by atoms with van der Waals surface area (Å²) in [4.78, 5) is 0. The Hall–Kier alpha value is -2.83. The van der Waals surface area contributed by atoms with Gasteiger partial charge in [-0.25, -0.2) is 0 Å². The van der Waals surface area contributed by atoms with Crippen LogP contribution >= 0.6 is 23.2 Å². The van der Waals surface area contributed by atoms with E-state index in [0.29, 0.717) is 33.8 Å². The minimum absolute atomic E-state index is 0.0488. The first-order chi connectivity index (χ1) is 12.6. The molecule has 0 amide bonds. The van der Waals surface area contributed by atoms with E-state index in [2.05, 4.69) is 20.6 Å². The predicted octanol–water partition coefficient (Wildman–Crippen LogP) is 4.47. The van der Waals surface area contributed by atoms with E-state index in [4.69, 9.17) is 23.2 Å². The van der Waals surface area contributed by atoms with Gasteiger partial charge in [-0.3, -0.25) is 0 Å². The molecule has 2 aromatic carbocycles. The van der Waals surface area contributed by atoms with E-state index in [1.54, 1.807) is 22.7 Å². The standard InChI is InChI=1S/C18H13Cl2N5O/c19-12-2-1-3-13(10-12)21-16-6-7-17-22-23-18(25(17)24-16)9-11-4-5-15(26)14(20)8-11/h1-8,10,26H,9H2,(H,21,24). The van der Waals surface area contributed by atoms with Crippen molar-refractivity contribution >= 4 is 40.4 Å². The highest BCUT2D eigenvalue weighted by molar-refractivity contribution is 6.32. The van der Waals surface area contributed by atoms with Crippen LogP contribution in [0.3, 0.4) is 0 Å². The van der Waals surface area contributed by atoms with E-state index in [9.17, 15) is 5.11 Å². The Morgan fingerprint density at radius 1 is 1.00 bits per heavy atom. The Labute approximate surface area is 159 Å². The topological polar surface area (TPSA) is 75.3 Å². The third-order valence-electron chi connectivity index (χ3n) is 3.80. The molecule has 0 saturated carbocycles. The number of phenolic OH excluding ortho intramolecular Hbond substituents is 1. The van der Waals surface area contributed by atoms with Crippen LogP contribution in [0.4, 0.5) is 11.5 Å². The number of aromatic hydroxyl groups is 1. The van der Waals surface area contributed by atoms with E-state index in [0.717, 1.165) is 11.3 Å². The zero-order valence-corrected chi connectivity index (χ0v) is 14.9. The molecule has 0 unspecified atom stereocenters. The Morgan fingerprint density at radius 2 is 1.88 bits per heavy atom. The Morgan fingerprint density at radius 3 is 2.69 bits per heavy atom. The largest absolute Gasteiger partial charge is 0.506 e. The average Bonchev–Trinajstić information content (AvgIpc) is 3.01. The molecule has 4 aromatic rings. The van der Waals surface area contributed by atoms with E-state index in [1.807, 2.05) is 36.4 Å². The number of hydrogen-bond donors (Lipinski definition) is 2. The molecular weight excluding hydrogens is 373 g/mol. The summed E-state index contributed by atoms with van der Waals surface area (Å²) < 4.78 is 1.67. The van der Waals surface area contributed by atoms with Gasteiger partial charge in [0.25, 0.3) is 0 Å². The molecule has 6 nitrogen and oxygen atoms in total. The molecule has 2 heterocycles. The summed E-state index contributed by atoms with van der Waals surface area (Å²) >= 11 is 12.0. The lowest BCUT2D eigenvalue weighted by Gasteiger charge is -2.07. The minimum atomic E-state index is 0.0488. The third-order valence-corrected chi connectivity index (χ3v) is 4.34. The fourth-order valence-electron chi connectivity index (χ4n) is 2.57. The quantitative estimate of drug-likeness (QED) is 0.541. The molecule has 4 rings (SSSR count). The molecule has 2 N–H and O–H groups in total. The molecule has 26 heavy (non-hydrogen) atoms. The number of nitrogens with zero attached hydrogens (tertiary/aromatic N) is 4. The lowest BCUT2D eigenvalue weighted by molar-refractivity contribution is 0.475. The van der Waals surface area contributed by atoms with Gasteiger partial charge in [0.1, 0.15) is 5.75 Å². The average molecular weight is 386 g/mol. The molecule has 0 spiro atoms. The number of benzene rings is 2. The summed E-state index contributed by atoms with van der Waals surface area (Å²) in [6.07, 6.45) is 0.481. The summed E-state index contributed by atoms with van der Waals surface area (Å²) in [5, 5.41) is 26.6. The van der Waals surface area contributed by atoms with Gasteiger partial charge in [-0.15, -0.1) is 15.3 Å². The highest BCUT2D eigenvalue weighted by Gasteiger charge is 2.10. The Bertz CT molecular complexity index is 1100. The number of fused-ring (bicyclic) bond motifs is 1. The molecule has 0 fully saturated rings. The SMILES string of the molecule is Oc1ccc(Cc2nnc3ccc(Nc4cccc(Cl)c4)nn23)cc1Cl. The first-order valence-corrected chi connectivity index (χ1v) is 8.55. The van der Waals surface area contributed by atoms with Gasteiger partial charge in [-0.1, -0.05) is 35.3 Å². The van der Waals surface area contributed by atoms with Crippen molar-refractivity contribution in [3.05, 3.63) is 76.0 Å². The first-order valence-electron chi connectivity index (χ1n) is 7.80. The molecule has 2 aromatic heterocycles. The van der Waals surface area contributed by atoms with Gasteiger partial charge < -0.3 is 10.4 Å². The van der Waals surface area contributed by atoms with Crippen molar-refractivity contribution in [2.24, 2.45) is 0 Å². The van der Waals surface area contributed by atoms with Crippen LogP contribution in [0, 0.1) is 0 Å². The molecule has 0 aliphatic heterocycles. The molecule has 0 atom stereocenters. The highest BCUT2D eigenvalue weighted by Crippen LogP contribution is 2.25. The maximum Gasteiger partial charge on any atom is 0.178 e. The molecule has 0 saturated heterocycles. The molecule has 0 bridgehead atoms. The highest BCUT2D eigenvalue weighted by atomic mass is 35.5. The van der Waals surface area contributed by atoms with Crippen LogP contribution in [0.25, 0.3) is 5.65 Å². The fraction of sp³-hybridized carbons (Fsp3) is 0.0556. The Balaban J connectivity index is 1.64. The second-order valence-corrected chi connectivity index (χ2v) is 6.55. The second kappa shape index (κ2) is 6.82. The van der Waals surface area contributed by atoms with Gasteiger partial charge in [-0.05, 0) is 48.0 Å². The normalized spacial score (nSPS) is 11.0. The molecule has 0 aliphatic rings. The van der Waals surface area contributed by atoms with E-state index in [-0.39, 0.29) is 5.75 Å². The third kappa shape index (κ3) is 3.42. The van der Waals surface area contributed by atoms with E-state index >= 15 is 0 Å². The number of hydrogen-bond acceptors (Lipinski definition) is 5. The summed E-state index contributed by atoms with van der Waals surface area (Å²) in [5.41, 5.74) is 2.38. The van der Waals surface area contributed by atoms with Crippen LogP contribution in [-0.2, 0) is 6.42 Å². The van der Waals surface area contributed by atoms with Gasteiger partial charge in [0.05, 0.1) is 5.02 Å². The molecule has 130 valence electrons. The lowest BCUT2D eigenvalue weighted by atomic mass is 10.1. The van der Waals surface area contributed by atoms with Gasteiger partial charge in [0.2, 0.25) is 0 Å². The Kier molecular flexibility index (Phi) is 4.36. The number of anilines is 2. The van der Waals surface area contributed by atoms with Crippen LogP contribution in [0.2, 0.25) is 10.0 Å². The van der Waals surface area contributed by atoms with Crippen LogP contribution in [0.1, 0.15) is 11.4 Å². The van der Waals surface area contributed by atoms with Crippen molar-refractivity contribution in [1.82, 2.24) is 19.8 Å². The monoisotopic (exact) mass is 385 g/mol. The first kappa shape index (κ1) is 16.6. The van der Waals surface area contributed by atoms with Crippen molar-refractivity contribution in [3.63, 3.8) is 0 Å². The lowest BCUT2D eigenvalue weighted by Crippen LogP contribution is -2.03. The smallest absolute Gasteiger partial charge is 0.178 e. The number of nitrogens with one attached hydrogen (secondary N) is 1. The maximum absolute atomic E-state index is 9.54. The summed E-state index contributed by atoms with van der Waals surface area (Å²) in [7, 11) is 0. The second-order valence-electron chi connectivity index (χ2n) is 5.70. The van der Waals surface area contributed by atoms with Gasteiger partial charge in [0.15, 0.2) is 17.3 Å². The number of rotatable bonds is 4. The summed E-state index contributed by atoms with van der Waals surface area (Å²) in [6, 6.07) is 16.1. The number of phenols is 1. The predicted molar refractivity (Wildman–Crippen MR) is 101 cm³/mol. The van der Waals surface area contributed by atoms with Crippen molar-refractivity contribution in [2.45, 2.75) is 6.42 Å². The fourth-order valence-corrected chi connectivity index (χ4v) is 2.96. The van der Waals surface area contributed by atoms with Crippen molar-refractivity contribution in [3.8, 4) is 5.75 Å². The summed E-state index contributed by atoms with van der Waals surface area (Å²) in [6.45, 7) is 0. The van der Waals surface area contributed by atoms with Crippen LogP contribution in [0.5, 0.6) is 5.75 Å². The number of halogens is 2. The molecule has 0 radical (unpaired) electrons. The van der Waals surface area contributed by atoms with Crippen LogP contribution in [0.15, 0.2) is 54.6 Å². The van der Waals surface area contributed by atoms with Gasteiger partial charge >= 0.3 is 0 Å². The molecule has 0 aliphatic carbocycles. The van der Waals surface area contributed by atoms with E-state index in [1.165, 1.54) is 0 Å². The maximum atomic E-state index is 9.54. The molecule has 8 heteroatoms. The van der Waals surface area contributed by atoms with Crippen LogP contribution < -0.4 is 5.32 Å².